The SMILES string of the molecule is [C]1COc2ccc(-c3cccs3)cc2O1. The second-order valence-corrected chi connectivity index (χ2v) is 4.12. The fourth-order valence-corrected chi connectivity index (χ4v) is 2.24. The second-order valence-electron chi connectivity index (χ2n) is 3.17. The summed E-state index contributed by atoms with van der Waals surface area (Å²) >= 11 is 1.71. The van der Waals surface area contributed by atoms with Crippen molar-refractivity contribution in [3.05, 3.63) is 42.3 Å². The summed E-state index contributed by atoms with van der Waals surface area (Å²) in [5.41, 5.74) is 1.15. The van der Waals surface area contributed by atoms with Gasteiger partial charge in [-0.2, -0.15) is 0 Å². The predicted molar refractivity (Wildman–Crippen MR) is 59.1 cm³/mol. The van der Waals surface area contributed by atoms with Crippen LogP contribution in [0.25, 0.3) is 10.4 Å². The van der Waals surface area contributed by atoms with Crippen LogP contribution in [0.3, 0.4) is 0 Å². The number of benzene rings is 1. The van der Waals surface area contributed by atoms with Gasteiger partial charge in [-0.15, -0.1) is 11.3 Å². The van der Waals surface area contributed by atoms with Crippen LogP contribution in [0.4, 0.5) is 0 Å². The van der Waals surface area contributed by atoms with Crippen molar-refractivity contribution in [2.45, 2.75) is 0 Å². The molecule has 2 radical (unpaired) electrons. The highest BCUT2D eigenvalue weighted by atomic mass is 32.1. The van der Waals surface area contributed by atoms with Crippen LogP contribution in [0, 0.1) is 6.61 Å². The van der Waals surface area contributed by atoms with Crippen LogP contribution in [0.2, 0.25) is 0 Å². The molecule has 74 valence electrons. The summed E-state index contributed by atoms with van der Waals surface area (Å²) in [5, 5.41) is 2.06. The van der Waals surface area contributed by atoms with E-state index in [4.69, 9.17) is 9.47 Å². The van der Waals surface area contributed by atoms with E-state index in [0.717, 1.165) is 17.1 Å². The minimum Gasteiger partial charge on any atom is -0.485 e. The van der Waals surface area contributed by atoms with Gasteiger partial charge in [0.15, 0.2) is 11.5 Å². The van der Waals surface area contributed by atoms with Crippen LogP contribution >= 0.6 is 11.3 Å². The molecule has 0 N–H and O–H groups in total. The van der Waals surface area contributed by atoms with Crippen molar-refractivity contribution in [3.8, 4) is 21.9 Å². The standard InChI is InChI=1S/C12H8O2S/c1-2-12(15-7-1)9-3-4-10-11(8-9)14-6-5-13-10/h1-4,7-8H,5H2. The third-order valence-electron chi connectivity index (χ3n) is 2.22. The first-order chi connectivity index (χ1) is 7.43. The van der Waals surface area contributed by atoms with Crippen LogP contribution < -0.4 is 9.47 Å². The maximum atomic E-state index is 5.36. The number of hydrogen-bond donors (Lipinski definition) is 0. The minimum atomic E-state index is 0.394. The fourth-order valence-electron chi connectivity index (χ4n) is 1.52. The molecule has 0 aliphatic carbocycles. The zero-order valence-corrected chi connectivity index (χ0v) is 8.71. The predicted octanol–water partition coefficient (Wildman–Crippen LogP) is 3.23. The van der Waals surface area contributed by atoms with Crippen molar-refractivity contribution < 1.29 is 9.47 Å². The molecule has 0 amide bonds. The summed E-state index contributed by atoms with van der Waals surface area (Å²) in [6.07, 6.45) is 0. The molecule has 1 aromatic carbocycles. The third kappa shape index (κ3) is 1.59. The zero-order chi connectivity index (χ0) is 10.1. The first-order valence-corrected chi connectivity index (χ1v) is 5.52. The monoisotopic (exact) mass is 216 g/mol. The normalized spacial score (nSPS) is 13.9. The molecule has 2 heterocycles. The first kappa shape index (κ1) is 8.80. The lowest BCUT2D eigenvalue weighted by atomic mass is 10.1. The molecule has 2 aromatic rings. The van der Waals surface area contributed by atoms with Crippen LogP contribution in [-0.4, -0.2) is 6.61 Å². The quantitative estimate of drug-likeness (QED) is 0.728. The summed E-state index contributed by atoms with van der Waals surface area (Å²) in [6, 6.07) is 10.1. The average Bonchev–Trinajstić information content (AvgIpc) is 2.82. The molecule has 0 spiro atoms. The molecule has 0 unspecified atom stereocenters. The Bertz CT molecular complexity index is 462. The third-order valence-corrected chi connectivity index (χ3v) is 3.14. The molecule has 0 saturated heterocycles. The summed E-state index contributed by atoms with van der Waals surface area (Å²) in [7, 11) is 0. The molecule has 0 saturated carbocycles. The molecule has 0 bridgehead atoms. The summed E-state index contributed by atoms with van der Waals surface area (Å²) < 4.78 is 10.7. The van der Waals surface area contributed by atoms with E-state index in [1.807, 2.05) is 24.3 Å². The second kappa shape index (κ2) is 3.59. The largest absolute Gasteiger partial charge is 0.485 e. The van der Waals surface area contributed by atoms with E-state index in [1.54, 1.807) is 11.3 Å². The topological polar surface area (TPSA) is 18.5 Å². The number of fused-ring (bicyclic) bond motifs is 1. The fraction of sp³-hybridized carbons (Fsp3) is 0.0833. The molecule has 0 atom stereocenters. The average molecular weight is 216 g/mol. The highest BCUT2D eigenvalue weighted by Gasteiger charge is 2.13. The van der Waals surface area contributed by atoms with E-state index in [1.165, 1.54) is 4.88 Å². The van der Waals surface area contributed by atoms with Crippen molar-refractivity contribution in [1.29, 1.82) is 0 Å². The Morgan fingerprint density at radius 2 is 2.20 bits per heavy atom. The number of thiophene rings is 1. The molecule has 2 nitrogen and oxygen atoms in total. The van der Waals surface area contributed by atoms with E-state index in [2.05, 4.69) is 18.1 Å². The Hall–Kier alpha value is -1.48. The lowest BCUT2D eigenvalue weighted by molar-refractivity contribution is 0.224. The van der Waals surface area contributed by atoms with Gasteiger partial charge in [-0.1, -0.05) is 6.07 Å². The van der Waals surface area contributed by atoms with Crippen molar-refractivity contribution in [3.63, 3.8) is 0 Å². The molecular weight excluding hydrogens is 208 g/mol. The van der Waals surface area contributed by atoms with Crippen LogP contribution in [0.1, 0.15) is 0 Å². The zero-order valence-electron chi connectivity index (χ0n) is 7.90. The van der Waals surface area contributed by atoms with Gasteiger partial charge >= 0.3 is 0 Å². The van der Waals surface area contributed by atoms with E-state index < -0.39 is 0 Å². The maximum Gasteiger partial charge on any atom is 0.237 e. The summed E-state index contributed by atoms with van der Waals surface area (Å²) in [4.78, 5) is 1.23. The van der Waals surface area contributed by atoms with Gasteiger partial charge in [-0.3, -0.25) is 0 Å². The summed E-state index contributed by atoms with van der Waals surface area (Å²) in [6.45, 7) is 3.09. The Balaban J connectivity index is 2.04. The lowest BCUT2D eigenvalue weighted by Crippen LogP contribution is -2.09. The van der Waals surface area contributed by atoms with Gasteiger partial charge in [0.25, 0.3) is 0 Å². The number of ether oxygens (including phenoxy) is 2. The van der Waals surface area contributed by atoms with Crippen molar-refractivity contribution >= 4 is 11.3 Å². The van der Waals surface area contributed by atoms with Gasteiger partial charge in [0, 0.05) is 4.88 Å². The van der Waals surface area contributed by atoms with E-state index >= 15 is 0 Å². The van der Waals surface area contributed by atoms with Gasteiger partial charge in [-0.05, 0) is 35.2 Å². The van der Waals surface area contributed by atoms with Crippen molar-refractivity contribution in [2.24, 2.45) is 0 Å². The van der Waals surface area contributed by atoms with E-state index in [9.17, 15) is 0 Å². The van der Waals surface area contributed by atoms with Gasteiger partial charge in [0.05, 0.1) is 0 Å². The van der Waals surface area contributed by atoms with Gasteiger partial charge in [0.1, 0.15) is 6.61 Å². The van der Waals surface area contributed by atoms with Gasteiger partial charge in [-0.25, -0.2) is 0 Å². The minimum absolute atomic E-state index is 0.394. The van der Waals surface area contributed by atoms with Crippen molar-refractivity contribution in [2.75, 3.05) is 6.61 Å². The maximum absolute atomic E-state index is 5.36. The first-order valence-electron chi connectivity index (χ1n) is 4.64. The molecule has 1 aliphatic heterocycles. The molecule has 1 aliphatic rings. The Kier molecular flexibility index (Phi) is 2.10. The Morgan fingerprint density at radius 3 is 3.07 bits per heavy atom. The number of hydrogen-bond acceptors (Lipinski definition) is 3. The molecule has 1 aromatic heterocycles. The highest BCUT2D eigenvalue weighted by molar-refractivity contribution is 7.13. The van der Waals surface area contributed by atoms with Crippen LogP contribution in [0.15, 0.2) is 35.7 Å². The molecule has 3 rings (SSSR count). The summed E-state index contributed by atoms with van der Waals surface area (Å²) in [5.74, 6) is 1.53. The smallest absolute Gasteiger partial charge is 0.237 e. The Labute approximate surface area is 92.1 Å². The Morgan fingerprint density at radius 1 is 1.20 bits per heavy atom. The van der Waals surface area contributed by atoms with Crippen LogP contribution in [0.5, 0.6) is 11.5 Å². The molecule has 3 heteroatoms. The lowest BCUT2D eigenvalue weighted by Gasteiger charge is -2.17. The highest BCUT2D eigenvalue weighted by Crippen LogP contribution is 2.36. The number of rotatable bonds is 1. The van der Waals surface area contributed by atoms with Crippen molar-refractivity contribution in [1.82, 2.24) is 0 Å². The van der Waals surface area contributed by atoms with E-state index in [-0.39, 0.29) is 0 Å². The molecule has 0 fully saturated rings. The van der Waals surface area contributed by atoms with Gasteiger partial charge in [0.2, 0.25) is 6.61 Å². The van der Waals surface area contributed by atoms with E-state index in [0.29, 0.717) is 6.61 Å². The van der Waals surface area contributed by atoms with Crippen LogP contribution in [-0.2, 0) is 0 Å². The molecular formula is C12H8O2S. The molecule has 15 heavy (non-hydrogen) atoms. The van der Waals surface area contributed by atoms with Gasteiger partial charge < -0.3 is 9.47 Å².